The first-order valence-electron chi connectivity index (χ1n) is 12.7. The number of benzene rings is 2. The van der Waals surface area contributed by atoms with Crippen LogP contribution in [0.25, 0.3) is 0 Å². The first kappa shape index (κ1) is 29.1. The van der Waals surface area contributed by atoms with Crippen molar-refractivity contribution in [1.82, 2.24) is 14.7 Å². The highest BCUT2D eigenvalue weighted by Crippen LogP contribution is 2.29. The molecule has 1 aliphatic heterocycles. The summed E-state index contributed by atoms with van der Waals surface area (Å²) in [6.07, 6.45) is 0.192. The van der Waals surface area contributed by atoms with Crippen LogP contribution in [0.15, 0.2) is 42.5 Å². The van der Waals surface area contributed by atoms with Crippen molar-refractivity contribution in [3.05, 3.63) is 53.1 Å². The number of anilines is 1. The number of carbonyl (C=O) groups is 3. The summed E-state index contributed by atoms with van der Waals surface area (Å²) in [6, 6.07) is 11.6. The summed E-state index contributed by atoms with van der Waals surface area (Å²) in [5, 5.41) is 3.47. The van der Waals surface area contributed by atoms with Crippen LogP contribution in [0.2, 0.25) is 5.02 Å². The Balaban J connectivity index is 1.58. The maximum absolute atomic E-state index is 13.1. The lowest BCUT2D eigenvalue weighted by molar-refractivity contribution is -0.133. The van der Waals surface area contributed by atoms with Crippen LogP contribution in [-0.4, -0.2) is 85.5 Å². The Labute approximate surface area is 229 Å². The lowest BCUT2D eigenvalue weighted by Gasteiger charge is -2.40. The summed E-state index contributed by atoms with van der Waals surface area (Å²) in [4.78, 5) is 44.4. The Hall–Kier alpha value is -3.46. The molecule has 0 radical (unpaired) electrons. The van der Waals surface area contributed by atoms with E-state index in [-0.39, 0.29) is 42.8 Å². The number of halogens is 1. The second-order valence-electron chi connectivity index (χ2n) is 9.78. The van der Waals surface area contributed by atoms with Crippen molar-refractivity contribution < 1.29 is 23.9 Å². The number of ether oxygens (including phenoxy) is 2. The molecule has 0 aromatic heterocycles. The zero-order valence-electron chi connectivity index (χ0n) is 22.7. The lowest BCUT2D eigenvalue weighted by atomic mass is 10.1. The van der Waals surface area contributed by atoms with Crippen molar-refractivity contribution in [2.24, 2.45) is 5.92 Å². The van der Waals surface area contributed by atoms with Gasteiger partial charge in [0.25, 0.3) is 5.91 Å². The minimum absolute atomic E-state index is 0.0426. The van der Waals surface area contributed by atoms with Crippen molar-refractivity contribution >= 4 is 35.1 Å². The molecule has 0 aliphatic carbocycles. The molecule has 1 aliphatic rings. The van der Waals surface area contributed by atoms with Gasteiger partial charge in [0.1, 0.15) is 11.5 Å². The van der Waals surface area contributed by atoms with Gasteiger partial charge in [-0.3, -0.25) is 9.59 Å². The molecule has 2 aromatic rings. The summed E-state index contributed by atoms with van der Waals surface area (Å²) in [5.41, 5.74) is 1.10. The second kappa shape index (κ2) is 13.4. The van der Waals surface area contributed by atoms with Crippen LogP contribution in [0.5, 0.6) is 11.5 Å². The number of piperazine rings is 1. The molecular weight excluding hydrogens is 508 g/mol. The number of nitrogens with zero attached hydrogens (tertiary/aromatic N) is 3. The molecule has 9 nitrogen and oxygen atoms in total. The van der Waals surface area contributed by atoms with E-state index in [1.807, 2.05) is 20.8 Å². The topological polar surface area (TPSA) is 91.4 Å². The maximum Gasteiger partial charge on any atom is 0.321 e. The average molecular weight is 545 g/mol. The van der Waals surface area contributed by atoms with Crippen LogP contribution in [0, 0.1) is 5.92 Å². The number of methoxy groups -OCH3 is 2. The fourth-order valence-corrected chi connectivity index (χ4v) is 4.57. The Morgan fingerprint density at radius 2 is 1.79 bits per heavy atom. The molecule has 2 aromatic carbocycles. The third kappa shape index (κ3) is 7.54. The van der Waals surface area contributed by atoms with Gasteiger partial charge in [-0.25, -0.2) is 4.79 Å². The number of amides is 4. The zero-order chi connectivity index (χ0) is 27.8. The van der Waals surface area contributed by atoms with E-state index in [4.69, 9.17) is 21.1 Å². The number of urea groups is 1. The number of hydrogen-bond acceptors (Lipinski definition) is 5. The van der Waals surface area contributed by atoms with Crippen molar-refractivity contribution in [3.8, 4) is 11.5 Å². The van der Waals surface area contributed by atoms with Gasteiger partial charge in [-0.15, -0.1) is 0 Å². The largest absolute Gasteiger partial charge is 0.497 e. The zero-order valence-corrected chi connectivity index (χ0v) is 23.5. The first-order chi connectivity index (χ1) is 18.1. The molecule has 1 fully saturated rings. The van der Waals surface area contributed by atoms with E-state index in [9.17, 15) is 14.4 Å². The number of rotatable bonds is 9. The van der Waals surface area contributed by atoms with E-state index < -0.39 is 0 Å². The number of carbonyl (C=O) groups excluding carboxylic acids is 3. The van der Waals surface area contributed by atoms with Crippen molar-refractivity contribution in [2.75, 3.05) is 52.3 Å². The summed E-state index contributed by atoms with van der Waals surface area (Å²) in [6.45, 7) is 8.09. The third-order valence-electron chi connectivity index (χ3n) is 6.45. The lowest BCUT2D eigenvalue weighted by Crippen LogP contribution is -2.55. The fraction of sp³-hybridized carbons (Fsp3) is 0.464. The second-order valence-corrected chi connectivity index (χ2v) is 10.2. The van der Waals surface area contributed by atoms with Gasteiger partial charge in [0.05, 0.1) is 19.9 Å². The van der Waals surface area contributed by atoms with E-state index in [1.54, 1.807) is 64.3 Å². The van der Waals surface area contributed by atoms with Crippen LogP contribution >= 0.6 is 11.6 Å². The monoisotopic (exact) mass is 544 g/mol. The molecule has 3 rings (SSSR count). The quantitative estimate of drug-likeness (QED) is 0.498. The third-order valence-corrected chi connectivity index (χ3v) is 6.70. The van der Waals surface area contributed by atoms with Gasteiger partial charge in [-0.2, -0.15) is 0 Å². The summed E-state index contributed by atoms with van der Waals surface area (Å²) in [7, 11) is 3.09. The van der Waals surface area contributed by atoms with Crippen LogP contribution in [0.4, 0.5) is 10.5 Å². The van der Waals surface area contributed by atoms with Crippen LogP contribution in [0.1, 0.15) is 37.6 Å². The number of hydrogen-bond donors (Lipinski definition) is 1. The molecule has 1 saturated heterocycles. The SMILES string of the molecule is COc1ccc(NC(=O)N(CCC(=O)N2CCN(C(=O)c3ccc(Cl)cc3)C(C)C2)CC(C)C)c(OC)c1. The summed E-state index contributed by atoms with van der Waals surface area (Å²) in [5.74, 6) is 1.21. The molecule has 0 saturated carbocycles. The van der Waals surface area contributed by atoms with Gasteiger partial charge in [0.15, 0.2) is 0 Å². The van der Waals surface area contributed by atoms with E-state index >= 15 is 0 Å². The van der Waals surface area contributed by atoms with Crippen molar-refractivity contribution in [2.45, 2.75) is 33.2 Å². The number of nitrogens with one attached hydrogen (secondary N) is 1. The smallest absolute Gasteiger partial charge is 0.321 e. The summed E-state index contributed by atoms with van der Waals surface area (Å²) >= 11 is 5.94. The Morgan fingerprint density at radius 1 is 1.08 bits per heavy atom. The highest BCUT2D eigenvalue weighted by atomic mass is 35.5. The minimum Gasteiger partial charge on any atom is -0.497 e. The Kier molecular flexibility index (Phi) is 10.2. The van der Waals surface area contributed by atoms with Gasteiger partial charge in [-0.05, 0) is 49.2 Å². The molecule has 4 amide bonds. The molecule has 1 atom stereocenters. The summed E-state index contributed by atoms with van der Waals surface area (Å²) < 4.78 is 10.6. The van der Waals surface area contributed by atoms with Gasteiger partial charge >= 0.3 is 6.03 Å². The van der Waals surface area contributed by atoms with Gasteiger partial charge in [0.2, 0.25) is 5.91 Å². The molecule has 206 valence electrons. The fourth-order valence-electron chi connectivity index (χ4n) is 4.45. The normalized spacial score (nSPS) is 15.3. The van der Waals surface area contributed by atoms with Crippen molar-refractivity contribution in [1.29, 1.82) is 0 Å². The highest BCUT2D eigenvalue weighted by Gasteiger charge is 2.30. The highest BCUT2D eigenvalue weighted by molar-refractivity contribution is 6.30. The maximum atomic E-state index is 13.1. The van der Waals surface area contributed by atoms with Crippen molar-refractivity contribution in [3.63, 3.8) is 0 Å². The van der Waals surface area contributed by atoms with E-state index in [0.29, 0.717) is 54.0 Å². The molecule has 0 spiro atoms. The van der Waals surface area contributed by atoms with Crippen LogP contribution in [-0.2, 0) is 4.79 Å². The Bertz CT molecular complexity index is 1120. The molecule has 1 N–H and O–H groups in total. The predicted molar refractivity (Wildman–Crippen MR) is 148 cm³/mol. The van der Waals surface area contributed by atoms with E-state index in [0.717, 1.165) is 0 Å². The van der Waals surface area contributed by atoms with E-state index in [1.165, 1.54) is 7.11 Å². The van der Waals surface area contributed by atoms with Gasteiger partial charge in [-0.1, -0.05) is 25.4 Å². The Morgan fingerprint density at radius 3 is 2.39 bits per heavy atom. The molecule has 1 heterocycles. The van der Waals surface area contributed by atoms with Gasteiger partial charge in [0, 0.05) is 61.8 Å². The average Bonchev–Trinajstić information content (AvgIpc) is 2.90. The van der Waals surface area contributed by atoms with Gasteiger partial charge < -0.3 is 29.5 Å². The molecule has 1 unspecified atom stereocenters. The predicted octanol–water partition coefficient (Wildman–Crippen LogP) is 4.61. The minimum atomic E-state index is -0.304. The first-order valence-corrected chi connectivity index (χ1v) is 13.1. The standard InChI is InChI=1S/C28H37ClN4O5/c1-19(2)17-32(28(36)30-24-11-10-23(37-4)16-25(24)38-5)13-12-26(34)31-14-15-33(20(3)18-31)27(35)21-6-8-22(29)9-7-21/h6-11,16,19-20H,12-15,17-18H2,1-5H3,(H,30,36). The molecule has 0 bridgehead atoms. The van der Waals surface area contributed by atoms with E-state index in [2.05, 4.69) is 5.32 Å². The van der Waals surface area contributed by atoms with Crippen LogP contribution < -0.4 is 14.8 Å². The molecule has 38 heavy (non-hydrogen) atoms. The van der Waals surface area contributed by atoms with Crippen LogP contribution in [0.3, 0.4) is 0 Å². The molecule has 10 heteroatoms. The molecular formula is C28H37ClN4O5.